The van der Waals surface area contributed by atoms with E-state index in [0.717, 1.165) is 5.56 Å². The molecule has 1 N–H and O–H groups in total. The Morgan fingerprint density at radius 3 is 2.05 bits per heavy atom. The SMILES string of the molecule is CCN(CC)C(=O)C(C)(C)C(=O)Nc1ccc(C)cc1. The third-order valence-corrected chi connectivity index (χ3v) is 3.46. The van der Waals surface area contributed by atoms with Crippen molar-refractivity contribution in [2.45, 2.75) is 34.6 Å². The van der Waals surface area contributed by atoms with Gasteiger partial charge in [-0.25, -0.2) is 0 Å². The van der Waals surface area contributed by atoms with Gasteiger partial charge in [0.1, 0.15) is 5.41 Å². The predicted octanol–water partition coefficient (Wildman–Crippen LogP) is 2.83. The van der Waals surface area contributed by atoms with Crippen molar-refractivity contribution < 1.29 is 9.59 Å². The number of carbonyl (C=O) groups is 2. The fourth-order valence-electron chi connectivity index (χ4n) is 1.93. The van der Waals surface area contributed by atoms with E-state index < -0.39 is 5.41 Å². The summed E-state index contributed by atoms with van der Waals surface area (Å²) in [6.45, 7) is 10.4. The molecule has 0 saturated heterocycles. The molecule has 0 bridgehead atoms. The van der Waals surface area contributed by atoms with E-state index in [4.69, 9.17) is 0 Å². The van der Waals surface area contributed by atoms with Crippen molar-refractivity contribution in [3.63, 3.8) is 0 Å². The molecule has 4 heteroatoms. The molecule has 2 amide bonds. The van der Waals surface area contributed by atoms with Crippen LogP contribution in [0.15, 0.2) is 24.3 Å². The number of hydrogen-bond acceptors (Lipinski definition) is 2. The van der Waals surface area contributed by atoms with Crippen LogP contribution in [-0.4, -0.2) is 29.8 Å². The van der Waals surface area contributed by atoms with Crippen molar-refractivity contribution in [2.75, 3.05) is 18.4 Å². The van der Waals surface area contributed by atoms with E-state index in [9.17, 15) is 9.59 Å². The van der Waals surface area contributed by atoms with Crippen molar-refractivity contribution >= 4 is 17.5 Å². The Labute approximate surface area is 121 Å². The smallest absolute Gasteiger partial charge is 0.239 e. The van der Waals surface area contributed by atoms with E-state index in [1.807, 2.05) is 45.0 Å². The highest BCUT2D eigenvalue weighted by Gasteiger charge is 2.38. The van der Waals surface area contributed by atoms with Gasteiger partial charge in [0.15, 0.2) is 0 Å². The number of nitrogens with one attached hydrogen (secondary N) is 1. The van der Waals surface area contributed by atoms with E-state index in [0.29, 0.717) is 18.8 Å². The van der Waals surface area contributed by atoms with Gasteiger partial charge in [0.2, 0.25) is 11.8 Å². The van der Waals surface area contributed by atoms with Gasteiger partial charge >= 0.3 is 0 Å². The van der Waals surface area contributed by atoms with Gasteiger partial charge in [-0.05, 0) is 46.8 Å². The number of nitrogens with zero attached hydrogens (tertiary/aromatic N) is 1. The number of anilines is 1. The third kappa shape index (κ3) is 3.59. The van der Waals surface area contributed by atoms with E-state index in [-0.39, 0.29) is 11.8 Å². The Bertz CT molecular complexity index is 474. The molecule has 0 atom stereocenters. The maximum absolute atomic E-state index is 12.4. The summed E-state index contributed by atoms with van der Waals surface area (Å²) in [7, 11) is 0. The molecule has 0 spiro atoms. The van der Waals surface area contributed by atoms with E-state index in [1.165, 1.54) is 0 Å². The highest BCUT2D eigenvalue weighted by atomic mass is 16.2. The monoisotopic (exact) mass is 276 g/mol. The van der Waals surface area contributed by atoms with Crippen molar-refractivity contribution in [2.24, 2.45) is 5.41 Å². The summed E-state index contributed by atoms with van der Waals surface area (Å²) in [5, 5.41) is 2.81. The Balaban J connectivity index is 2.83. The van der Waals surface area contributed by atoms with Crippen LogP contribution in [0.25, 0.3) is 0 Å². The summed E-state index contributed by atoms with van der Waals surface area (Å²) >= 11 is 0. The van der Waals surface area contributed by atoms with Crippen LogP contribution in [-0.2, 0) is 9.59 Å². The second-order valence-electron chi connectivity index (χ2n) is 5.42. The van der Waals surface area contributed by atoms with Crippen molar-refractivity contribution in [1.82, 2.24) is 4.90 Å². The zero-order valence-electron chi connectivity index (χ0n) is 13.0. The number of rotatable bonds is 5. The molecule has 1 aromatic rings. The van der Waals surface area contributed by atoms with Gasteiger partial charge in [-0.2, -0.15) is 0 Å². The molecule has 0 heterocycles. The predicted molar refractivity (Wildman–Crippen MR) is 81.5 cm³/mol. The first-order valence-corrected chi connectivity index (χ1v) is 7.00. The molecule has 1 rings (SSSR count). The molecule has 0 aliphatic heterocycles. The largest absolute Gasteiger partial charge is 0.342 e. The second kappa shape index (κ2) is 6.55. The topological polar surface area (TPSA) is 49.4 Å². The maximum atomic E-state index is 12.4. The lowest BCUT2D eigenvalue weighted by molar-refractivity contribution is -0.146. The van der Waals surface area contributed by atoms with Gasteiger partial charge in [0, 0.05) is 18.8 Å². The Hall–Kier alpha value is -1.84. The fraction of sp³-hybridized carbons (Fsp3) is 0.500. The molecule has 20 heavy (non-hydrogen) atoms. The minimum absolute atomic E-state index is 0.146. The average molecular weight is 276 g/mol. The van der Waals surface area contributed by atoms with Crippen LogP contribution in [0.1, 0.15) is 33.3 Å². The third-order valence-electron chi connectivity index (χ3n) is 3.46. The maximum Gasteiger partial charge on any atom is 0.239 e. The standard InChI is InChI=1S/C16H24N2O2/c1-6-18(7-2)15(20)16(4,5)14(19)17-13-10-8-12(3)9-11-13/h8-11H,6-7H2,1-5H3,(H,17,19). The molecule has 0 unspecified atom stereocenters. The van der Waals surface area contributed by atoms with Crippen molar-refractivity contribution in [3.8, 4) is 0 Å². The van der Waals surface area contributed by atoms with Gasteiger partial charge in [0.25, 0.3) is 0 Å². The van der Waals surface area contributed by atoms with Crippen LogP contribution >= 0.6 is 0 Å². The molecule has 110 valence electrons. The fourth-order valence-corrected chi connectivity index (χ4v) is 1.93. The number of carbonyl (C=O) groups excluding carboxylic acids is 2. The van der Waals surface area contributed by atoms with Crippen LogP contribution in [0.4, 0.5) is 5.69 Å². The Morgan fingerprint density at radius 1 is 1.10 bits per heavy atom. The molecule has 1 aromatic carbocycles. The summed E-state index contributed by atoms with van der Waals surface area (Å²) < 4.78 is 0. The molecule has 0 aromatic heterocycles. The number of aryl methyl sites for hydroxylation is 1. The van der Waals surface area contributed by atoms with E-state index in [1.54, 1.807) is 18.7 Å². The lowest BCUT2D eigenvalue weighted by atomic mass is 9.90. The summed E-state index contributed by atoms with van der Waals surface area (Å²) in [6, 6.07) is 7.53. The average Bonchev–Trinajstić information content (AvgIpc) is 2.42. The molecule has 0 saturated carbocycles. The van der Waals surface area contributed by atoms with Crippen molar-refractivity contribution in [1.29, 1.82) is 0 Å². The minimum atomic E-state index is -1.07. The molecular formula is C16H24N2O2. The summed E-state index contributed by atoms with van der Waals surface area (Å²) in [5.74, 6) is -0.426. The van der Waals surface area contributed by atoms with Gasteiger partial charge < -0.3 is 10.2 Å². The highest BCUT2D eigenvalue weighted by Crippen LogP contribution is 2.22. The van der Waals surface area contributed by atoms with Gasteiger partial charge in [-0.15, -0.1) is 0 Å². The van der Waals surface area contributed by atoms with Crippen LogP contribution in [0.2, 0.25) is 0 Å². The number of amides is 2. The van der Waals surface area contributed by atoms with Gasteiger partial charge in [0.05, 0.1) is 0 Å². The molecule has 4 nitrogen and oxygen atoms in total. The van der Waals surface area contributed by atoms with Gasteiger partial charge in [-0.1, -0.05) is 17.7 Å². The minimum Gasteiger partial charge on any atom is -0.342 e. The number of benzene rings is 1. The first kappa shape index (κ1) is 16.2. The Kier molecular flexibility index (Phi) is 5.31. The quantitative estimate of drug-likeness (QED) is 0.841. The lowest BCUT2D eigenvalue weighted by Crippen LogP contribution is -2.47. The van der Waals surface area contributed by atoms with Crippen molar-refractivity contribution in [3.05, 3.63) is 29.8 Å². The van der Waals surface area contributed by atoms with Crippen LogP contribution in [0.5, 0.6) is 0 Å². The molecule has 0 aliphatic rings. The summed E-state index contributed by atoms with van der Waals surface area (Å²) in [4.78, 5) is 26.4. The zero-order valence-corrected chi connectivity index (χ0v) is 13.0. The summed E-state index contributed by atoms with van der Waals surface area (Å²) in [6.07, 6.45) is 0. The highest BCUT2D eigenvalue weighted by molar-refractivity contribution is 6.09. The second-order valence-corrected chi connectivity index (χ2v) is 5.42. The van der Waals surface area contributed by atoms with E-state index >= 15 is 0 Å². The van der Waals surface area contributed by atoms with Crippen LogP contribution in [0, 0.1) is 12.3 Å². The normalized spacial score (nSPS) is 11.1. The van der Waals surface area contributed by atoms with E-state index in [2.05, 4.69) is 5.32 Å². The molecule has 0 fully saturated rings. The zero-order chi connectivity index (χ0) is 15.3. The molecule has 0 radical (unpaired) electrons. The van der Waals surface area contributed by atoms with Crippen LogP contribution < -0.4 is 5.32 Å². The summed E-state index contributed by atoms with van der Waals surface area (Å²) in [5.41, 5.74) is 0.763. The first-order chi connectivity index (χ1) is 9.32. The lowest BCUT2D eigenvalue weighted by Gasteiger charge is -2.29. The molecular weight excluding hydrogens is 252 g/mol. The van der Waals surface area contributed by atoms with Gasteiger partial charge in [-0.3, -0.25) is 9.59 Å². The van der Waals surface area contributed by atoms with Crippen LogP contribution in [0.3, 0.4) is 0 Å². The molecule has 0 aliphatic carbocycles. The number of hydrogen-bond donors (Lipinski definition) is 1. The first-order valence-electron chi connectivity index (χ1n) is 7.00. The Morgan fingerprint density at radius 2 is 1.60 bits per heavy atom.